The summed E-state index contributed by atoms with van der Waals surface area (Å²) >= 11 is 0. The van der Waals surface area contributed by atoms with Crippen LogP contribution in [0.5, 0.6) is 0 Å². The van der Waals surface area contributed by atoms with E-state index >= 15 is 0 Å². The molecule has 0 saturated carbocycles. The van der Waals surface area contributed by atoms with Gasteiger partial charge in [0.2, 0.25) is 10.0 Å². The Hall–Kier alpha value is -1.05. The van der Waals surface area contributed by atoms with Gasteiger partial charge in [-0.1, -0.05) is 0 Å². The minimum atomic E-state index is -3.97. The molecule has 0 aromatic heterocycles. The van der Waals surface area contributed by atoms with E-state index in [9.17, 15) is 17.2 Å². The highest BCUT2D eigenvalue weighted by atomic mass is 32.2. The molecule has 0 radical (unpaired) electrons. The number of benzene rings is 1. The van der Waals surface area contributed by atoms with Crippen LogP contribution in [0.25, 0.3) is 0 Å². The second kappa shape index (κ2) is 6.15. The van der Waals surface area contributed by atoms with E-state index in [4.69, 9.17) is 5.73 Å². The van der Waals surface area contributed by atoms with E-state index in [-0.39, 0.29) is 0 Å². The Labute approximate surface area is 117 Å². The van der Waals surface area contributed by atoms with Crippen molar-refractivity contribution in [3.8, 4) is 0 Å². The Morgan fingerprint density at radius 2 is 1.90 bits per heavy atom. The van der Waals surface area contributed by atoms with Crippen LogP contribution >= 0.6 is 0 Å². The first-order chi connectivity index (χ1) is 9.45. The number of piperidine rings is 1. The molecule has 4 nitrogen and oxygen atoms in total. The summed E-state index contributed by atoms with van der Waals surface area (Å²) in [4.78, 5) is -0.588. The molecular formula is C13H18F2N2O2S. The fraction of sp³-hybridized carbons (Fsp3) is 0.538. The average molecular weight is 304 g/mol. The predicted octanol–water partition coefficient (Wildman–Crippen LogP) is 1.71. The third-order valence-electron chi connectivity index (χ3n) is 3.66. The first-order valence-electron chi connectivity index (χ1n) is 6.60. The van der Waals surface area contributed by atoms with Gasteiger partial charge in [-0.3, -0.25) is 0 Å². The molecule has 0 unspecified atom stereocenters. The second-order valence-corrected chi connectivity index (χ2v) is 6.91. The van der Waals surface area contributed by atoms with Crippen molar-refractivity contribution in [3.63, 3.8) is 0 Å². The van der Waals surface area contributed by atoms with Crippen LogP contribution in [-0.2, 0) is 10.0 Å². The van der Waals surface area contributed by atoms with Crippen molar-refractivity contribution in [2.45, 2.75) is 24.2 Å². The van der Waals surface area contributed by atoms with Crippen LogP contribution in [0, 0.1) is 17.6 Å². The standard InChI is InChI=1S/C13H18F2N2O2S/c14-11-1-2-12(15)13(9-11)20(18,19)17-7-4-10(3-6-16)5-8-17/h1-2,9-10H,3-8,16H2. The van der Waals surface area contributed by atoms with Crippen LogP contribution in [0.2, 0.25) is 0 Å². The van der Waals surface area contributed by atoms with Crippen molar-refractivity contribution in [2.75, 3.05) is 19.6 Å². The zero-order valence-corrected chi connectivity index (χ0v) is 11.9. The maximum absolute atomic E-state index is 13.6. The van der Waals surface area contributed by atoms with Gasteiger partial charge in [-0.15, -0.1) is 0 Å². The van der Waals surface area contributed by atoms with Crippen molar-refractivity contribution in [1.29, 1.82) is 0 Å². The number of rotatable bonds is 4. The van der Waals surface area contributed by atoms with Gasteiger partial charge in [0.1, 0.15) is 16.5 Å². The molecule has 0 aliphatic carbocycles. The second-order valence-electron chi connectivity index (χ2n) is 5.00. The lowest BCUT2D eigenvalue weighted by molar-refractivity contribution is 0.265. The first kappa shape index (κ1) is 15.3. The van der Waals surface area contributed by atoms with Crippen LogP contribution in [-0.4, -0.2) is 32.4 Å². The molecule has 1 fully saturated rings. The highest BCUT2D eigenvalue weighted by Crippen LogP contribution is 2.26. The summed E-state index contributed by atoms with van der Waals surface area (Å²) in [7, 11) is -3.97. The lowest BCUT2D eigenvalue weighted by atomic mass is 9.95. The Morgan fingerprint density at radius 1 is 1.25 bits per heavy atom. The third kappa shape index (κ3) is 3.16. The smallest absolute Gasteiger partial charge is 0.246 e. The van der Waals surface area contributed by atoms with Gasteiger partial charge in [-0.2, -0.15) is 4.31 Å². The molecule has 20 heavy (non-hydrogen) atoms. The molecule has 1 aromatic carbocycles. The summed E-state index contributed by atoms with van der Waals surface area (Å²) < 4.78 is 52.6. The van der Waals surface area contributed by atoms with Gasteiger partial charge in [0.25, 0.3) is 0 Å². The molecule has 1 aromatic rings. The quantitative estimate of drug-likeness (QED) is 0.921. The molecule has 0 spiro atoms. The Morgan fingerprint density at radius 3 is 2.50 bits per heavy atom. The monoisotopic (exact) mass is 304 g/mol. The number of sulfonamides is 1. The van der Waals surface area contributed by atoms with Gasteiger partial charge in [-0.25, -0.2) is 17.2 Å². The Balaban J connectivity index is 2.18. The number of nitrogens with two attached hydrogens (primary N) is 1. The van der Waals surface area contributed by atoms with Crippen LogP contribution in [0.1, 0.15) is 19.3 Å². The number of halogens is 2. The summed E-state index contributed by atoms with van der Waals surface area (Å²) in [5.74, 6) is -1.28. The van der Waals surface area contributed by atoms with Crippen molar-refractivity contribution in [1.82, 2.24) is 4.31 Å². The fourth-order valence-corrected chi connectivity index (χ4v) is 4.03. The van der Waals surface area contributed by atoms with Crippen LogP contribution in [0.15, 0.2) is 23.1 Å². The van der Waals surface area contributed by atoms with Gasteiger partial charge in [0, 0.05) is 13.1 Å². The van der Waals surface area contributed by atoms with E-state index in [2.05, 4.69) is 0 Å². The van der Waals surface area contributed by atoms with Crippen molar-refractivity contribution < 1.29 is 17.2 Å². The summed E-state index contributed by atoms with van der Waals surface area (Å²) in [5, 5.41) is 0. The van der Waals surface area contributed by atoms with Crippen LogP contribution < -0.4 is 5.73 Å². The maximum atomic E-state index is 13.6. The lowest BCUT2D eigenvalue weighted by Gasteiger charge is -2.31. The normalized spacial score (nSPS) is 18.4. The molecular weight excluding hydrogens is 286 g/mol. The minimum Gasteiger partial charge on any atom is -0.330 e. The molecule has 0 bridgehead atoms. The van der Waals surface area contributed by atoms with Crippen LogP contribution in [0.3, 0.4) is 0 Å². The summed E-state index contributed by atoms with van der Waals surface area (Å²) in [6.07, 6.45) is 2.27. The number of hydrogen-bond donors (Lipinski definition) is 1. The van der Waals surface area contributed by atoms with Gasteiger partial charge in [-0.05, 0) is 49.9 Å². The number of hydrogen-bond acceptors (Lipinski definition) is 3. The summed E-state index contributed by atoms with van der Waals surface area (Å²) in [5.41, 5.74) is 5.48. The molecule has 1 aliphatic heterocycles. The third-order valence-corrected chi connectivity index (χ3v) is 5.57. The molecule has 7 heteroatoms. The molecule has 1 heterocycles. The van der Waals surface area contributed by atoms with Crippen molar-refractivity contribution >= 4 is 10.0 Å². The molecule has 0 amide bonds. The SMILES string of the molecule is NCCC1CCN(S(=O)(=O)c2cc(F)ccc2F)CC1. The predicted molar refractivity (Wildman–Crippen MR) is 71.5 cm³/mol. The average Bonchev–Trinajstić information content (AvgIpc) is 2.42. The van der Waals surface area contributed by atoms with Crippen molar-refractivity contribution in [3.05, 3.63) is 29.8 Å². The minimum absolute atomic E-state index is 0.322. The van der Waals surface area contributed by atoms with Gasteiger partial charge >= 0.3 is 0 Å². The van der Waals surface area contributed by atoms with Crippen molar-refractivity contribution in [2.24, 2.45) is 11.7 Å². The zero-order chi connectivity index (χ0) is 14.8. The Bertz CT molecular complexity index is 570. The van der Waals surface area contributed by atoms with E-state index in [1.54, 1.807) is 0 Å². The van der Waals surface area contributed by atoms with E-state index in [1.807, 2.05) is 0 Å². The molecule has 0 atom stereocenters. The van der Waals surface area contributed by atoms with E-state index in [0.29, 0.717) is 38.4 Å². The zero-order valence-electron chi connectivity index (χ0n) is 11.1. The first-order valence-corrected chi connectivity index (χ1v) is 8.04. The molecule has 2 rings (SSSR count). The van der Waals surface area contributed by atoms with Gasteiger partial charge < -0.3 is 5.73 Å². The lowest BCUT2D eigenvalue weighted by Crippen LogP contribution is -2.39. The van der Waals surface area contributed by atoms with E-state index in [1.165, 1.54) is 4.31 Å². The molecule has 2 N–H and O–H groups in total. The highest BCUT2D eigenvalue weighted by molar-refractivity contribution is 7.89. The summed E-state index contributed by atoms with van der Waals surface area (Å²) in [6, 6.07) is 2.47. The summed E-state index contributed by atoms with van der Waals surface area (Å²) in [6.45, 7) is 1.22. The number of nitrogens with zero attached hydrogens (tertiary/aromatic N) is 1. The molecule has 112 valence electrons. The van der Waals surface area contributed by atoms with Crippen LogP contribution in [0.4, 0.5) is 8.78 Å². The Kier molecular flexibility index (Phi) is 4.72. The largest absolute Gasteiger partial charge is 0.330 e. The topological polar surface area (TPSA) is 63.4 Å². The van der Waals surface area contributed by atoms with Gasteiger partial charge in [0.05, 0.1) is 0 Å². The van der Waals surface area contributed by atoms with E-state index < -0.39 is 26.6 Å². The maximum Gasteiger partial charge on any atom is 0.246 e. The fourth-order valence-electron chi connectivity index (χ4n) is 2.49. The van der Waals surface area contributed by atoms with E-state index in [0.717, 1.165) is 24.6 Å². The molecule has 1 saturated heterocycles. The highest BCUT2D eigenvalue weighted by Gasteiger charge is 2.31. The molecule has 1 aliphatic rings. The van der Waals surface area contributed by atoms with Gasteiger partial charge in [0.15, 0.2) is 0 Å².